The first kappa shape index (κ1) is 17.0. The molecule has 0 saturated heterocycles. The molecule has 0 aliphatic heterocycles. The maximum absolute atomic E-state index is 12.3. The van der Waals surface area contributed by atoms with E-state index in [-0.39, 0.29) is 5.58 Å². The molecular formula is C14H12N4O5S2. The summed E-state index contributed by atoms with van der Waals surface area (Å²) in [6.45, 7) is 1.94. The van der Waals surface area contributed by atoms with Gasteiger partial charge in [0.1, 0.15) is 15.6 Å². The summed E-state index contributed by atoms with van der Waals surface area (Å²) in [6.07, 6.45) is 0.727. The molecule has 0 unspecified atom stereocenters. The van der Waals surface area contributed by atoms with Crippen molar-refractivity contribution in [1.82, 2.24) is 10.2 Å². The third kappa shape index (κ3) is 3.37. The molecule has 0 bridgehead atoms. The largest absolute Gasteiger partial charge is 0.477 e. The molecule has 0 spiro atoms. The van der Waals surface area contributed by atoms with Crippen LogP contribution in [0.4, 0.5) is 14.9 Å². The number of anilines is 2. The lowest BCUT2D eigenvalue weighted by atomic mass is 10.3. The molecule has 25 heavy (non-hydrogen) atoms. The van der Waals surface area contributed by atoms with Gasteiger partial charge in [-0.2, -0.15) is 0 Å². The number of hydrogen-bond donors (Lipinski definition) is 2. The Morgan fingerprint density at radius 2 is 2.08 bits per heavy atom. The molecule has 2 amide bonds. The molecule has 0 aliphatic carbocycles. The fourth-order valence-corrected chi connectivity index (χ4v) is 3.60. The zero-order valence-electron chi connectivity index (χ0n) is 13.1. The molecule has 0 radical (unpaired) electrons. The van der Waals surface area contributed by atoms with Gasteiger partial charge in [0, 0.05) is 13.1 Å². The van der Waals surface area contributed by atoms with Crippen LogP contribution in [-0.2, 0) is 6.42 Å². The maximum atomic E-state index is 12.3. The number of hydrogen-bond acceptors (Lipinski definition) is 8. The van der Waals surface area contributed by atoms with Crippen molar-refractivity contribution in [3.8, 4) is 0 Å². The van der Waals surface area contributed by atoms with Gasteiger partial charge in [0.25, 0.3) is 0 Å². The van der Waals surface area contributed by atoms with Crippen LogP contribution in [0, 0.1) is 0 Å². The number of fused-ring (bicyclic) bond motifs is 1. The average molecular weight is 380 g/mol. The molecule has 2 N–H and O–H groups in total. The zero-order chi connectivity index (χ0) is 18.1. The molecule has 0 saturated carbocycles. The molecule has 0 aromatic carbocycles. The minimum atomic E-state index is -1.36. The van der Waals surface area contributed by atoms with E-state index < -0.39 is 23.2 Å². The van der Waals surface area contributed by atoms with E-state index in [4.69, 9.17) is 9.52 Å². The number of amides is 2. The van der Waals surface area contributed by atoms with Gasteiger partial charge in [-0.3, -0.25) is 10.2 Å². The lowest BCUT2D eigenvalue weighted by Gasteiger charge is -2.13. The molecule has 3 rings (SSSR count). The standard InChI is InChI=1S/C14H12N4O5S2/c1-3-9-16-17-13(25-9)15-14(22)18(2)10-5-7-8(24-10)4-6(11(19)20)12(21)23-7/h4-5H,3H2,1-2H3,(H,19,20)(H,15,17,22). The van der Waals surface area contributed by atoms with E-state index in [0.717, 1.165) is 22.8 Å². The molecule has 0 aliphatic rings. The lowest BCUT2D eigenvalue weighted by Crippen LogP contribution is -2.30. The lowest BCUT2D eigenvalue weighted by molar-refractivity contribution is 0.0692. The van der Waals surface area contributed by atoms with Crippen LogP contribution < -0.4 is 15.8 Å². The Kier molecular flexibility index (Phi) is 4.51. The number of aryl methyl sites for hydroxylation is 1. The quantitative estimate of drug-likeness (QED) is 0.712. The number of aromatic nitrogens is 2. The molecule has 11 heteroatoms. The first-order chi connectivity index (χ1) is 11.9. The summed E-state index contributed by atoms with van der Waals surface area (Å²) >= 11 is 2.41. The van der Waals surface area contributed by atoms with Gasteiger partial charge in [0.15, 0.2) is 5.58 Å². The van der Waals surface area contributed by atoms with Gasteiger partial charge in [0.05, 0.1) is 4.70 Å². The number of aromatic carboxylic acids is 1. The first-order valence-electron chi connectivity index (χ1n) is 7.07. The number of carbonyl (C=O) groups excluding carboxylic acids is 1. The van der Waals surface area contributed by atoms with Crippen LogP contribution in [-0.4, -0.2) is 34.4 Å². The van der Waals surface area contributed by atoms with Crippen molar-refractivity contribution < 1.29 is 19.1 Å². The Morgan fingerprint density at radius 1 is 1.32 bits per heavy atom. The van der Waals surface area contributed by atoms with E-state index in [9.17, 15) is 14.4 Å². The van der Waals surface area contributed by atoms with Crippen molar-refractivity contribution in [2.45, 2.75) is 13.3 Å². The number of nitrogens with one attached hydrogen (secondary N) is 1. The van der Waals surface area contributed by atoms with Crippen LogP contribution in [0.3, 0.4) is 0 Å². The summed E-state index contributed by atoms with van der Waals surface area (Å²) in [5, 5.41) is 21.1. The number of rotatable bonds is 4. The normalized spacial score (nSPS) is 10.8. The van der Waals surface area contributed by atoms with Crippen molar-refractivity contribution in [2.75, 3.05) is 17.3 Å². The molecule has 0 fully saturated rings. The fourth-order valence-electron chi connectivity index (χ4n) is 1.94. The van der Waals surface area contributed by atoms with Crippen molar-refractivity contribution in [1.29, 1.82) is 0 Å². The van der Waals surface area contributed by atoms with Gasteiger partial charge in [-0.1, -0.05) is 18.3 Å². The number of carboxylic acids is 1. The second-order valence-electron chi connectivity index (χ2n) is 4.91. The topological polar surface area (TPSA) is 126 Å². The van der Waals surface area contributed by atoms with Gasteiger partial charge in [-0.05, 0) is 12.5 Å². The Hall–Kier alpha value is -2.79. The van der Waals surface area contributed by atoms with Gasteiger partial charge in [0.2, 0.25) is 5.13 Å². The van der Waals surface area contributed by atoms with E-state index >= 15 is 0 Å². The van der Waals surface area contributed by atoms with E-state index in [1.807, 2.05) is 6.92 Å². The minimum absolute atomic E-state index is 0.221. The van der Waals surface area contributed by atoms with E-state index in [0.29, 0.717) is 14.8 Å². The van der Waals surface area contributed by atoms with E-state index in [2.05, 4.69) is 15.5 Å². The number of carbonyl (C=O) groups is 2. The molecular weight excluding hydrogens is 368 g/mol. The van der Waals surface area contributed by atoms with Gasteiger partial charge >= 0.3 is 17.6 Å². The number of nitrogens with zero attached hydrogens (tertiary/aromatic N) is 3. The van der Waals surface area contributed by atoms with Gasteiger partial charge in [-0.15, -0.1) is 21.5 Å². The Balaban J connectivity index is 1.86. The summed E-state index contributed by atoms with van der Waals surface area (Å²) < 4.78 is 5.45. The molecule has 3 aromatic rings. The van der Waals surface area contributed by atoms with Crippen LogP contribution >= 0.6 is 22.7 Å². The summed E-state index contributed by atoms with van der Waals surface area (Å²) in [6, 6.07) is 2.30. The van der Waals surface area contributed by atoms with Crippen molar-refractivity contribution in [3.05, 3.63) is 33.1 Å². The second kappa shape index (κ2) is 6.61. The van der Waals surface area contributed by atoms with E-state index in [1.54, 1.807) is 0 Å². The van der Waals surface area contributed by atoms with Gasteiger partial charge in [-0.25, -0.2) is 14.4 Å². The summed E-state index contributed by atoms with van der Waals surface area (Å²) in [4.78, 5) is 36.2. The highest BCUT2D eigenvalue weighted by atomic mass is 32.1. The zero-order valence-corrected chi connectivity index (χ0v) is 14.7. The minimum Gasteiger partial charge on any atom is -0.477 e. The number of thiophene rings is 1. The Morgan fingerprint density at radius 3 is 2.72 bits per heavy atom. The van der Waals surface area contributed by atoms with Crippen LogP contribution in [0.1, 0.15) is 22.3 Å². The van der Waals surface area contributed by atoms with Crippen LogP contribution in [0.25, 0.3) is 10.3 Å². The Bertz CT molecular complexity index is 1020. The molecule has 0 atom stereocenters. The van der Waals surface area contributed by atoms with Crippen molar-refractivity contribution >= 4 is 55.1 Å². The second-order valence-corrected chi connectivity index (χ2v) is 7.03. The molecule has 3 heterocycles. The first-order valence-corrected chi connectivity index (χ1v) is 8.70. The summed E-state index contributed by atoms with van der Waals surface area (Å²) in [7, 11) is 1.54. The highest BCUT2D eigenvalue weighted by molar-refractivity contribution is 7.22. The molecule has 130 valence electrons. The van der Waals surface area contributed by atoms with Crippen molar-refractivity contribution in [3.63, 3.8) is 0 Å². The van der Waals surface area contributed by atoms with Gasteiger partial charge < -0.3 is 9.52 Å². The third-order valence-electron chi connectivity index (χ3n) is 3.26. The number of carboxylic acid groups (broad SMARTS) is 1. The summed E-state index contributed by atoms with van der Waals surface area (Å²) in [5.74, 6) is -1.36. The van der Waals surface area contributed by atoms with Crippen LogP contribution in [0.15, 0.2) is 21.3 Å². The van der Waals surface area contributed by atoms with Crippen LogP contribution in [0.2, 0.25) is 0 Å². The third-order valence-corrected chi connectivity index (χ3v) is 5.38. The van der Waals surface area contributed by atoms with Crippen LogP contribution in [0.5, 0.6) is 0 Å². The predicted octanol–water partition coefficient (Wildman–Crippen LogP) is 2.63. The molecule has 9 nitrogen and oxygen atoms in total. The average Bonchev–Trinajstić information content (AvgIpc) is 3.19. The monoisotopic (exact) mass is 380 g/mol. The molecule has 3 aromatic heterocycles. The van der Waals surface area contributed by atoms with Crippen molar-refractivity contribution in [2.24, 2.45) is 0 Å². The highest BCUT2D eigenvalue weighted by Gasteiger charge is 2.19. The smallest absolute Gasteiger partial charge is 0.351 e. The summed E-state index contributed by atoms with van der Waals surface area (Å²) in [5.41, 5.74) is -1.16. The van der Waals surface area contributed by atoms with E-state index in [1.165, 1.54) is 35.4 Å². The Labute approximate surface area is 148 Å². The SMILES string of the molecule is CCc1nnc(NC(=O)N(C)c2cc3oc(=O)c(C(=O)O)cc3s2)s1. The maximum Gasteiger partial charge on any atom is 0.351 e. The highest BCUT2D eigenvalue weighted by Crippen LogP contribution is 2.32. The predicted molar refractivity (Wildman–Crippen MR) is 94.0 cm³/mol. The number of urea groups is 1. The fraction of sp³-hybridized carbons (Fsp3) is 0.214.